The zero-order valence-corrected chi connectivity index (χ0v) is 13.1. The number of nitrogens with one attached hydrogen (secondary N) is 1. The molecule has 0 amide bonds. The Bertz CT molecular complexity index is 415. The maximum Gasteiger partial charge on any atom is 0.167 e. The van der Waals surface area contributed by atoms with Crippen molar-refractivity contribution in [2.75, 3.05) is 19.8 Å². The molecule has 0 saturated heterocycles. The number of terminal acetylenes is 1. The molecule has 1 aromatic carbocycles. The highest BCUT2D eigenvalue weighted by Crippen LogP contribution is 2.31. The fourth-order valence-corrected chi connectivity index (χ4v) is 1.77. The van der Waals surface area contributed by atoms with Crippen LogP contribution in [0.15, 0.2) is 18.2 Å². The minimum atomic E-state index is 0. The topological polar surface area (TPSA) is 30.5 Å². The van der Waals surface area contributed by atoms with Crippen molar-refractivity contribution in [2.45, 2.75) is 33.2 Å². The number of para-hydroxylation sites is 1. The van der Waals surface area contributed by atoms with E-state index in [4.69, 9.17) is 15.9 Å². The van der Waals surface area contributed by atoms with Crippen molar-refractivity contribution in [3.63, 3.8) is 0 Å². The summed E-state index contributed by atoms with van der Waals surface area (Å²) in [5.74, 6) is 4.00. The lowest BCUT2D eigenvalue weighted by Gasteiger charge is -2.15. The molecule has 0 spiro atoms. The van der Waals surface area contributed by atoms with E-state index in [1.165, 1.54) is 12.8 Å². The molecule has 0 aromatic heterocycles. The summed E-state index contributed by atoms with van der Waals surface area (Å²) in [6.45, 7) is 6.77. The van der Waals surface area contributed by atoms with Gasteiger partial charge in [0, 0.05) is 12.1 Å². The van der Waals surface area contributed by atoms with Crippen LogP contribution in [0, 0.1) is 12.3 Å². The number of benzene rings is 1. The van der Waals surface area contributed by atoms with Crippen LogP contribution in [0.3, 0.4) is 0 Å². The fraction of sp³-hybridized carbons (Fsp3) is 0.500. The molecule has 0 radical (unpaired) electrons. The van der Waals surface area contributed by atoms with Crippen molar-refractivity contribution in [3.05, 3.63) is 23.8 Å². The van der Waals surface area contributed by atoms with Gasteiger partial charge in [-0.25, -0.2) is 0 Å². The molecule has 4 heteroatoms. The third-order valence-electron chi connectivity index (χ3n) is 2.68. The van der Waals surface area contributed by atoms with Gasteiger partial charge >= 0.3 is 0 Å². The highest BCUT2D eigenvalue weighted by Gasteiger charge is 2.10. The lowest BCUT2D eigenvalue weighted by molar-refractivity contribution is 0.296. The van der Waals surface area contributed by atoms with Crippen LogP contribution in [0.4, 0.5) is 0 Å². The number of rotatable bonds is 9. The zero-order chi connectivity index (χ0) is 13.9. The van der Waals surface area contributed by atoms with Crippen LogP contribution in [0.1, 0.15) is 32.3 Å². The lowest BCUT2D eigenvalue weighted by atomic mass is 10.1. The highest BCUT2D eigenvalue weighted by molar-refractivity contribution is 5.85. The molecule has 0 aliphatic heterocycles. The standard InChI is InChI=1S/C16H23NO2.ClH/c1-4-7-11-17-13-14-9-8-10-15(18-6-3)16(14)19-12-5-2;/h2,8-10,17H,4,6-7,11-13H2,1,3H3;1H. The van der Waals surface area contributed by atoms with Crippen LogP contribution in [-0.4, -0.2) is 19.8 Å². The van der Waals surface area contributed by atoms with Gasteiger partial charge in [-0.05, 0) is 26.0 Å². The summed E-state index contributed by atoms with van der Waals surface area (Å²) in [7, 11) is 0. The summed E-state index contributed by atoms with van der Waals surface area (Å²) in [4.78, 5) is 0. The summed E-state index contributed by atoms with van der Waals surface area (Å²) in [5.41, 5.74) is 1.08. The Hall–Kier alpha value is -1.37. The summed E-state index contributed by atoms with van der Waals surface area (Å²) >= 11 is 0. The Kier molecular flexibility index (Phi) is 10.7. The van der Waals surface area contributed by atoms with Crippen LogP contribution in [0.2, 0.25) is 0 Å². The van der Waals surface area contributed by atoms with Crippen molar-refractivity contribution in [1.29, 1.82) is 0 Å². The number of ether oxygens (including phenoxy) is 2. The predicted octanol–water partition coefficient (Wildman–Crippen LogP) is 3.41. The lowest BCUT2D eigenvalue weighted by Crippen LogP contribution is -2.15. The number of unbranched alkanes of at least 4 members (excludes halogenated alkanes) is 1. The van der Waals surface area contributed by atoms with Crippen molar-refractivity contribution in [1.82, 2.24) is 5.32 Å². The Morgan fingerprint density at radius 2 is 2.05 bits per heavy atom. The predicted molar refractivity (Wildman–Crippen MR) is 85.8 cm³/mol. The molecule has 0 unspecified atom stereocenters. The van der Waals surface area contributed by atoms with Gasteiger partial charge in [-0.1, -0.05) is 31.4 Å². The summed E-state index contributed by atoms with van der Waals surface area (Å²) < 4.78 is 11.2. The fourth-order valence-electron chi connectivity index (χ4n) is 1.77. The van der Waals surface area contributed by atoms with Crippen molar-refractivity contribution in [2.24, 2.45) is 0 Å². The van der Waals surface area contributed by atoms with Crippen molar-refractivity contribution in [3.8, 4) is 23.8 Å². The first kappa shape index (κ1) is 18.6. The van der Waals surface area contributed by atoms with E-state index in [2.05, 4.69) is 18.2 Å². The Balaban J connectivity index is 0.00000361. The Morgan fingerprint density at radius 3 is 2.70 bits per heavy atom. The van der Waals surface area contributed by atoms with E-state index >= 15 is 0 Å². The molecule has 0 atom stereocenters. The van der Waals surface area contributed by atoms with E-state index in [0.29, 0.717) is 6.61 Å². The van der Waals surface area contributed by atoms with Gasteiger partial charge in [0.15, 0.2) is 11.5 Å². The molecule has 0 heterocycles. The molecule has 20 heavy (non-hydrogen) atoms. The van der Waals surface area contributed by atoms with E-state index in [-0.39, 0.29) is 19.0 Å². The number of hydrogen-bond acceptors (Lipinski definition) is 3. The highest BCUT2D eigenvalue weighted by atomic mass is 35.5. The second-order valence-corrected chi connectivity index (χ2v) is 4.20. The quantitative estimate of drug-likeness (QED) is 0.560. The average Bonchev–Trinajstić information content (AvgIpc) is 2.43. The molecule has 0 fully saturated rings. The minimum absolute atomic E-state index is 0. The summed E-state index contributed by atoms with van der Waals surface area (Å²) in [6, 6.07) is 5.92. The van der Waals surface area contributed by atoms with Gasteiger partial charge in [0.05, 0.1) is 6.61 Å². The van der Waals surface area contributed by atoms with Crippen LogP contribution in [0.25, 0.3) is 0 Å². The normalized spacial score (nSPS) is 9.45. The first-order chi connectivity index (χ1) is 9.33. The van der Waals surface area contributed by atoms with E-state index in [1.54, 1.807) is 0 Å². The number of halogens is 1. The minimum Gasteiger partial charge on any atom is -0.490 e. The smallest absolute Gasteiger partial charge is 0.167 e. The molecule has 1 rings (SSSR count). The third kappa shape index (κ3) is 6.18. The Morgan fingerprint density at radius 1 is 1.25 bits per heavy atom. The average molecular weight is 298 g/mol. The maximum absolute atomic E-state index is 5.63. The maximum atomic E-state index is 5.63. The third-order valence-corrected chi connectivity index (χ3v) is 2.68. The van der Waals surface area contributed by atoms with E-state index < -0.39 is 0 Å². The molecule has 0 saturated carbocycles. The summed E-state index contributed by atoms with van der Waals surface area (Å²) in [6.07, 6.45) is 7.62. The molecule has 0 bridgehead atoms. The van der Waals surface area contributed by atoms with Gasteiger partial charge in [0.25, 0.3) is 0 Å². The first-order valence-electron chi connectivity index (χ1n) is 6.85. The molecule has 3 nitrogen and oxygen atoms in total. The zero-order valence-electron chi connectivity index (χ0n) is 12.3. The van der Waals surface area contributed by atoms with Crippen molar-refractivity contribution < 1.29 is 9.47 Å². The van der Waals surface area contributed by atoms with Crippen LogP contribution >= 0.6 is 12.4 Å². The van der Waals surface area contributed by atoms with Crippen LogP contribution in [0.5, 0.6) is 11.5 Å². The van der Waals surface area contributed by atoms with Crippen LogP contribution in [-0.2, 0) is 6.54 Å². The van der Waals surface area contributed by atoms with Gasteiger partial charge in [-0.2, -0.15) is 0 Å². The molecule has 0 aliphatic rings. The van der Waals surface area contributed by atoms with Crippen molar-refractivity contribution >= 4 is 12.4 Å². The first-order valence-corrected chi connectivity index (χ1v) is 6.85. The molecular weight excluding hydrogens is 274 g/mol. The van der Waals surface area contributed by atoms with Gasteiger partial charge in [0.1, 0.15) is 6.61 Å². The van der Waals surface area contributed by atoms with Gasteiger partial charge in [-0.15, -0.1) is 18.8 Å². The SMILES string of the molecule is C#CCOc1c(CNCCCC)cccc1OCC.Cl. The van der Waals surface area contributed by atoms with Crippen LogP contribution < -0.4 is 14.8 Å². The molecule has 112 valence electrons. The second-order valence-electron chi connectivity index (χ2n) is 4.20. The van der Waals surface area contributed by atoms with Gasteiger partial charge in [-0.3, -0.25) is 0 Å². The molecule has 0 aliphatic carbocycles. The van der Waals surface area contributed by atoms with E-state index in [1.807, 2.05) is 25.1 Å². The van der Waals surface area contributed by atoms with Gasteiger partial charge in [0.2, 0.25) is 0 Å². The molecule has 1 N–H and O–H groups in total. The van der Waals surface area contributed by atoms with E-state index in [9.17, 15) is 0 Å². The largest absolute Gasteiger partial charge is 0.490 e. The van der Waals surface area contributed by atoms with E-state index in [0.717, 1.165) is 30.2 Å². The second kappa shape index (κ2) is 11.5. The molecule has 1 aromatic rings. The summed E-state index contributed by atoms with van der Waals surface area (Å²) in [5, 5.41) is 3.40. The number of hydrogen-bond donors (Lipinski definition) is 1. The van der Waals surface area contributed by atoms with Gasteiger partial charge < -0.3 is 14.8 Å². The Labute approximate surface area is 128 Å². The monoisotopic (exact) mass is 297 g/mol. The molecular formula is C16H24ClNO2.